The van der Waals surface area contributed by atoms with Gasteiger partial charge in [0.1, 0.15) is 10.6 Å². The molecule has 8 nitrogen and oxygen atoms in total. The molecule has 2 aromatic rings. The lowest BCUT2D eigenvalue weighted by Gasteiger charge is -2.31. The van der Waals surface area contributed by atoms with E-state index in [0.717, 1.165) is 5.56 Å². The number of esters is 1. The highest BCUT2D eigenvalue weighted by Crippen LogP contribution is 2.23. The van der Waals surface area contributed by atoms with Crippen LogP contribution in [-0.2, 0) is 21.4 Å². The third kappa shape index (κ3) is 7.76. The molecule has 186 valence electrons. The fourth-order valence-electron chi connectivity index (χ4n) is 3.03. The zero-order valence-corrected chi connectivity index (χ0v) is 21.6. The van der Waals surface area contributed by atoms with E-state index >= 15 is 0 Å². The monoisotopic (exact) mass is 490 g/mol. The summed E-state index contributed by atoms with van der Waals surface area (Å²) < 4.78 is 36.2. The van der Waals surface area contributed by atoms with Crippen LogP contribution in [0.2, 0.25) is 0 Å². The summed E-state index contributed by atoms with van der Waals surface area (Å²) in [4.78, 5) is 26.4. The highest BCUT2D eigenvalue weighted by atomic mass is 32.2. The van der Waals surface area contributed by atoms with Crippen molar-refractivity contribution in [2.75, 3.05) is 0 Å². The van der Waals surface area contributed by atoms with Gasteiger partial charge in [0.15, 0.2) is 0 Å². The van der Waals surface area contributed by atoms with E-state index in [2.05, 4.69) is 5.32 Å². The zero-order valence-electron chi connectivity index (χ0n) is 20.8. The molecule has 2 aromatic carbocycles. The molecule has 0 spiro atoms. The molecule has 2 amide bonds. The van der Waals surface area contributed by atoms with Crippen molar-refractivity contribution in [1.29, 1.82) is 0 Å². The van der Waals surface area contributed by atoms with Gasteiger partial charge in [-0.25, -0.2) is 9.59 Å². The first kappa shape index (κ1) is 27.2. The van der Waals surface area contributed by atoms with Crippen molar-refractivity contribution in [2.45, 2.75) is 77.6 Å². The van der Waals surface area contributed by atoms with E-state index in [-0.39, 0.29) is 33.8 Å². The zero-order chi connectivity index (χ0) is 25.7. The summed E-state index contributed by atoms with van der Waals surface area (Å²) in [5.41, 5.74) is 0.349. The van der Waals surface area contributed by atoms with Gasteiger partial charge in [-0.1, -0.05) is 24.3 Å². The van der Waals surface area contributed by atoms with Gasteiger partial charge in [-0.2, -0.15) is 8.42 Å². The first-order valence-corrected chi connectivity index (χ1v) is 12.5. The molecular formula is C25H34N2O6S. The molecule has 0 heterocycles. The SMILES string of the molecule is CC(C)OC(=O)c1ccccc1S(=O)(=O)Oc1ccc(CN(C(=O)NC(C)(C)C)C(C)C)cc1. The molecule has 0 unspecified atom stereocenters. The van der Waals surface area contributed by atoms with Crippen LogP contribution in [0.1, 0.15) is 64.4 Å². The number of hydrogen-bond acceptors (Lipinski definition) is 6. The van der Waals surface area contributed by atoms with Crippen molar-refractivity contribution in [3.05, 3.63) is 59.7 Å². The third-order valence-corrected chi connectivity index (χ3v) is 5.87. The van der Waals surface area contributed by atoms with Crippen LogP contribution in [0.4, 0.5) is 4.79 Å². The number of rotatable bonds is 8. The molecule has 0 aliphatic carbocycles. The number of urea groups is 1. The van der Waals surface area contributed by atoms with Crippen LogP contribution in [0.3, 0.4) is 0 Å². The predicted molar refractivity (Wildman–Crippen MR) is 130 cm³/mol. The summed E-state index contributed by atoms with van der Waals surface area (Å²) in [6, 6.07) is 11.9. The van der Waals surface area contributed by atoms with Crippen LogP contribution < -0.4 is 9.50 Å². The molecule has 0 bridgehead atoms. The first-order chi connectivity index (χ1) is 15.7. The molecule has 0 radical (unpaired) electrons. The summed E-state index contributed by atoms with van der Waals surface area (Å²) in [5.74, 6) is -0.651. The molecule has 2 rings (SSSR count). The highest BCUT2D eigenvalue weighted by molar-refractivity contribution is 7.87. The van der Waals surface area contributed by atoms with Gasteiger partial charge in [0.25, 0.3) is 0 Å². The highest BCUT2D eigenvalue weighted by Gasteiger charge is 2.26. The first-order valence-electron chi connectivity index (χ1n) is 11.1. The Morgan fingerprint density at radius 2 is 1.56 bits per heavy atom. The molecule has 0 fully saturated rings. The molecule has 0 saturated carbocycles. The van der Waals surface area contributed by atoms with E-state index in [1.165, 1.54) is 30.3 Å². The normalized spacial score (nSPS) is 11.9. The molecule has 0 saturated heterocycles. The summed E-state index contributed by atoms with van der Waals surface area (Å²) in [7, 11) is -4.28. The molecule has 0 aliphatic rings. The molecule has 9 heteroatoms. The van der Waals surface area contributed by atoms with E-state index in [9.17, 15) is 18.0 Å². The van der Waals surface area contributed by atoms with Gasteiger partial charge < -0.3 is 19.1 Å². The molecule has 34 heavy (non-hydrogen) atoms. The number of hydrogen-bond donors (Lipinski definition) is 1. The van der Waals surface area contributed by atoms with Crippen LogP contribution in [0, 0.1) is 0 Å². The maximum atomic E-state index is 12.9. The number of ether oxygens (including phenoxy) is 1. The van der Waals surface area contributed by atoms with Crippen LogP contribution in [0.15, 0.2) is 53.4 Å². The summed E-state index contributed by atoms with van der Waals surface area (Å²) in [6.45, 7) is 13.3. The minimum atomic E-state index is -4.28. The van der Waals surface area contributed by atoms with Crippen molar-refractivity contribution in [1.82, 2.24) is 10.2 Å². The fraction of sp³-hybridized carbons (Fsp3) is 0.440. The van der Waals surface area contributed by atoms with Crippen LogP contribution in [0.5, 0.6) is 5.75 Å². The van der Waals surface area contributed by atoms with Crippen molar-refractivity contribution in [3.63, 3.8) is 0 Å². The van der Waals surface area contributed by atoms with Crippen molar-refractivity contribution in [3.8, 4) is 5.75 Å². The van der Waals surface area contributed by atoms with E-state index in [0.29, 0.717) is 6.54 Å². The van der Waals surface area contributed by atoms with Crippen molar-refractivity contribution >= 4 is 22.1 Å². The Morgan fingerprint density at radius 1 is 0.971 bits per heavy atom. The van der Waals surface area contributed by atoms with E-state index in [4.69, 9.17) is 8.92 Å². The number of amides is 2. The molecular weight excluding hydrogens is 456 g/mol. The standard InChI is InChI=1S/C25H34N2O6S/c1-17(2)27(24(29)26-25(5,6)7)16-19-12-14-20(15-13-19)33-34(30,31)22-11-9-8-10-21(22)23(28)32-18(3)4/h8-15,17-18H,16H2,1-7H3,(H,26,29). The Labute approximate surface area is 202 Å². The minimum absolute atomic E-state index is 0.0410. The van der Waals surface area contributed by atoms with Crippen molar-refractivity contribution in [2.24, 2.45) is 0 Å². The van der Waals surface area contributed by atoms with Gasteiger partial charge in [-0.05, 0) is 78.3 Å². The summed E-state index contributed by atoms with van der Waals surface area (Å²) in [5, 5.41) is 2.95. The fourth-order valence-corrected chi connectivity index (χ4v) is 4.15. The van der Waals surface area contributed by atoms with Crippen LogP contribution in [-0.4, -0.2) is 43.0 Å². The second kappa shape index (κ2) is 10.9. The second-order valence-corrected chi connectivity index (χ2v) is 11.0. The third-order valence-electron chi connectivity index (χ3n) is 4.57. The number of nitrogens with one attached hydrogen (secondary N) is 1. The Bertz CT molecular complexity index is 1100. The van der Waals surface area contributed by atoms with Gasteiger partial charge in [0.05, 0.1) is 11.7 Å². The van der Waals surface area contributed by atoms with E-state index in [1.54, 1.807) is 36.9 Å². The lowest BCUT2D eigenvalue weighted by atomic mass is 10.1. The summed E-state index contributed by atoms with van der Waals surface area (Å²) in [6.07, 6.45) is -0.396. The maximum Gasteiger partial charge on any atom is 0.340 e. The Morgan fingerprint density at radius 3 is 2.09 bits per heavy atom. The van der Waals surface area contributed by atoms with Crippen molar-refractivity contribution < 1.29 is 26.9 Å². The quantitative estimate of drug-likeness (QED) is 0.424. The lowest BCUT2D eigenvalue weighted by Crippen LogP contribution is -2.50. The van der Waals surface area contributed by atoms with Crippen LogP contribution in [0.25, 0.3) is 0 Å². The average molecular weight is 491 g/mol. The van der Waals surface area contributed by atoms with Crippen LogP contribution >= 0.6 is 0 Å². The molecule has 0 aliphatic heterocycles. The van der Waals surface area contributed by atoms with Gasteiger partial charge in [-0.3, -0.25) is 0 Å². The Kier molecular flexibility index (Phi) is 8.72. The van der Waals surface area contributed by atoms with Gasteiger partial charge >= 0.3 is 22.1 Å². The molecule has 0 atom stereocenters. The average Bonchev–Trinajstić information content (AvgIpc) is 2.71. The Hall–Kier alpha value is -3.07. The second-order valence-electron chi connectivity index (χ2n) is 9.53. The number of carbonyl (C=O) groups excluding carboxylic acids is 2. The predicted octanol–water partition coefficient (Wildman–Crippen LogP) is 4.74. The van der Waals surface area contributed by atoms with E-state index < -0.39 is 22.2 Å². The number of nitrogens with zero attached hydrogens (tertiary/aromatic N) is 1. The largest absolute Gasteiger partial charge is 0.459 e. The summed E-state index contributed by atoms with van der Waals surface area (Å²) >= 11 is 0. The molecule has 0 aromatic heterocycles. The Balaban J connectivity index is 2.20. The molecule has 1 N–H and O–H groups in total. The van der Waals surface area contributed by atoms with Gasteiger partial charge in [0, 0.05) is 18.1 Å². The van der Waals surface area contributed by atoms with Gasteiger partial charge in [0.2, 0.25) is 0 Å². The minimum Gasteiger partial charge on any atom is -0.459 e. The van der Waals surface area contributed by atoms with E-state index in [1.807, 2.05) is 34.6 Å². The smallest absolute Gasteiger partial charge is 0.340 e. The topological polar surface area (TPSA) is 102 Å². The number of benzene rings is 2. The maximum absolute atomic E-state index is 12.9. The lowest BCUT2D eigenvalue weighted by molar-refractivity contribution is 0.0373. The number of carbonyl (C=O) groups is 2. The van der Waals surface area contributed by atoms with Gasteiger partial charge in [-0.15, -0.1) is 0 Å².